The zero-order valence-electron chi connectivity index (χ0n) is 9.29. The maximum Gasteiger partial charge on any atom is 0.231 e. The van der Waals surface area contributed by atoms with Gasteiger partial charge < -0.3 is 19.5 Å². The van der Waals surface area contributed by atoms with Crippen LogP contribution in [0.15, 0.2) is 12.1 Å². The van der Waals surface area contributed by atoms with Crippen LogP contribution in [0.25, 0.3) is 0 Å². The highest BCUT2D eigenvalue weighted by Gasteiger charge is 2.23. The van der Waals surface area contributed by atoms with Crippen LogP contribution in [0.2, 0.25) is 0 Å². The van der Waals surface area contributed by atoms with Crippen molar-refractivity contribution >= 4 is 0 Å². The molecule has 1 aromatic rings. The quantitative estimate of drug-likeness (QED) is 0.777. The van der Waals surface area contributed by atoms with Crippen molar-refractivity contribution in [3.63, 3.8) is 0 Å². The number of hydrogen-bond donors (Lipinski definition) is 1. The van der Waals surface area contributed by atoms with Crippen molar-refractivity contribution in [3.05, 3.63) is 23.3 Å². The Hall–Kier alpha value is -1.26. The Balaban J connectivity index is 1.95. The number of hydrogen-bond acceptors (Lipinski definition) is 4. The van der Waals surface area contributed by atoms with E-state index in [-0.39, 0.29) is 6.10 Å². The average molecular weight is 221 g/mol. The molecule has 0 aromatic heterocycles. The molecule has 86 valence electrons. The second-order valence-corrected chi connectivity index (χ2v) is 4.08. The van der Waals surface area contributed by atoms with Crippen LogP contribution in [0.1, 0.15) is 17.2 Å². The van der Waals surface area contributed by atoms with E-state index in [0.717, 1.165) is 36.8 Å². The lowest BCUT2D eigenvalue weighted by Gasteiger charge is -2.25. The number of benzene rings is 1. The van der Waals surface area contributed by atoms with Crippen molar-refractivity contribution in [1.29, 1.82) is 0 Å². The van der Waals surface area contributed by atoms with Gasteiger partial charge in [-0.05, 0) is 18.6 Å². The minimum absolute atomic E-state index is 0.128. The molecule has 4 nitrogen and oxygen atoms in total. The summed E-state index contributed by atoms with van der Waals surface area (Å²) in [6.07, 6.45) is 0.128. The molecule has 0 aliphatic carbocycles. The molecule has 1 atom stereocenters. The first-order chi connectivity index (χ1) is 7.86. The third kappa shape index (κ3) is 1.54. The van der Waals surface area contributed by atoms with E-state index in [1.165, 1.54) is 5.56 Å². The Labute approximate surface area is 94.5 Å². The molecule has 0 saturated carbocycles. The SMILES string of the molecule is Cc1c(C2CNCCO2)ccc2c1OCO2. The molecule has 1 fully saturated rings. The normalized spacial score (nSPS) is 23.4. The van der Waals surface area contributed by atoms with Crippen LogP contribution < -0.4 is 14.8 Å². The second-order valence-electron chi connectivity index (χ2n) is 4.08. The van der Waals surface area contributed by atoms with Gasteiger partial charge in [-0.15, -0.1) is 0 Å². The van der Waals surface area contributed by atoms with Gasteiger partial charge in [0.05, 0.1) is 12.7 Å². The van der Waals surface area contributed by atoms with Crippen LogP contribution in [0.5, 0.6) is 11.5 Å². The molecule has 2 aliphatic heterocycles. The lowest BCUT2D eigenvalue weighted by atomic mass is 10.0. The second kappa shape index (κ2) is 3.96. The summed E-state index contributed by atoms with van der Waals surface area (Å²) in [6, 6.07) is 4.03. The molecule has 3 rings (SSSR count). The van der Waals surface area contributed by atoms with Gasteiger partial charge in [-0.2, -0.15) is 0 Å². The van der Waals surface area contributed by atoms with Gasteiger partial charge in [-0.1, -0.05) is 6.07 Å². The van der Waals surface area contributed by atoms with Crippen molar-refractivity contribution in [2.24, 2.45) is 0 Å². The fourth-order valence-corrected chi connectivity index (χ4v) is 2.24. The topological polar surface area (TPSA) is 39.7 Å². The highest BCUT2D eigenvalue weighted by molar-refractivity contribution is 5.52. The van der Waals surface area contributed by atoms with E-state index >= 15 is 0 Å². The number of nitrogens with one attached hydrogen (secondary N) is 1. The van der Waals surface area contributed by atoms with Crippen molar-refractivity contribution in [1.82, 2.24) is 5.32 Å². The summed E-state index contributed by atoms with van der Waals surface area (Å²) in [7, 11) is 0. The predicted octanol–water partition coefficient (Wildman–Crippen LogP) is 1.38. The molecule has 2 heterocycles. The standard InChI is InChI=1S/C12H15NO3/c1-8-9(11-6-13-4-5-14-11)2-3-10-12(8)16-7-15-10/h2-3,11,13H,4-7H2,1H3. The van der Waals surface area contributed by atoms with E-state index in [9.17, 15) is 0 Å². The summed E-state index contributed by atoms with van der Waals surface area (Å²) in [5.41, 5.74) is 2.32. The van der Waals surface area contributed by atoms with Crippen molar-refractivity contribution in [3.8, 4) is 11.5 Å². The minimum atomic E-state index is 0.128. The maximum atomic E-state index is 5.75. The van der Waals surface area contributed by atoms with E-state index in [4.69, 9.17) is 14.2 Å². The van der Waals surface area contributed by atoms with Gasteiger partial charge in [0.1, 0.15) is 0 Å². The summed E-state index contributed by atoms with van der Waals surface area (Å²) in [6.45, 7) is 4.93. The summed E-state index contributed by atoms with van der Waals surface area (Å²) in [5, 5.41) is 3.33. The van der Waals surface area contributed by atoms with Crippen LogP contribution in [-0.2, 0) is 4.74 Å². The first kappa shape index (κ1) is 9.93. The Morgan fingerprint density at radius 1 is 1.31 bits per heavy atom. The zero-order valence-corrected chi connectivity index (χ0v) is 9.29. The predicted molar refractivity (Wildman–Crippen MR) is 58.9 cm³/mol. The van der Waals surface area contributed by atoms with E-state index < -0.39 is 0 Å². The smallest absolute Gasteiger partial charge is 0.231 e. The van der Waals surface area contributed by atoms with Gasteiger partial charge >= 0.3 is 0 Å². The Bertz CT molecular complexity index is 399. The van der Waals surface area contributed by atoms with E-state index in [1.807, 2.05) is 6.07 Å². The Morgan fingerprint density at radius 3 is 3.06 bits per heavy atom. The Kier molecular flexibility index (Phi) is 2.46. The van der Waals surface area contributed by atoms with E-state index in [1.54, 1.807) is 0 Å². The highest BCUT2D eigenvalue weighted by Crippen LogP contribution is 2.39. The van der Waals surface area contributed by atoms with Gasteiger partial charge in [0.15, 0.2) is 11.5 Å². The largest absolute Gasteiger partial charge is 0.454 e. The fraction of sp³-hybridized carbons (Fsp3) is 0.500. The van der Waals surface area contributed by atoms with Gasteiger partial charge in [0, 0.05) is 18.7 Å². The van der Waals surface area contributed by atoms with Crippen molar-refractivity contribution in [2.45, 2.75) is 13.0 Å². The van der Waals surface area contributed by atoms with Crippen LogP contribution in [-0.4, -0.2) is 26.5 Å². The molecule has 1 unspecified atom stereocenters. The van der Waals surface area contributed by atoms with E-state index in [0.29, 0.717) is 6.79 Å². The van der Waals surface area contributed by atoms with Gasteiger partial charge in [-0.3, -0.25) is 0 Å². The Morgan fingerprint density at radius 2 is 2.25 bits per heavy atom. The van der Waals surface area contributed by atoms with Gasteiger partial charge in [-0.25, -0.2) is 0 Å². The van der Waals surface area contributed by atoms with Crippen molar-refractivity contribution in [2.75, 3.05) is 26.5 Å². The molecule has 4 heteroatoms. The molecule has 1 N–H and O–H groups in total. The number of ether oxygens (including phenoxy) is 3. The molecule has 16 heavy (non-hydrogen) atoms. The average Bonchev–Trinajstić information content (AvgIpc) is 2.80. The van der Waals surface area contributed by atoms with Crippen LogP contribution >= 0.6 is 0 Å². The lowest BCUT2D eigenvalue weighted by molar-refractivity contribution is 0.0272. The number of fused-ring (bicyclic) bond motifs is 1. The summed E-state index contributed by atoms with van der Waals surface area (Å²) in [4.78, 5) is 0. The fourth-order valence-electron chi connectivity index (χ4n) is 2.24. The first-order valence-corrected chi connectivity index (χ1v) is 5.57. The molecular formula is C12H15NO3. The molecule has 0 bridgehead atoms. The van der Waals surface area contributed by atoms with Gasteiger partial charge in [0.25, 0.3) is 0 Å². The van der Waals surface area contributed by atoms with Crippen LogP contribution in [0.4, 0.5) is 0 Å². The molecule has 1 saturated heterocycles. The molecule has 0 amide bonds. The van der Waals surface area contributed by atoms with Crippen molar-refractivity contribution < 1.29 is 14.2 Å². The monoisotopic (exact) mass is 221 g/mol. The molecule has 2 aliphatic rings. The third-order valence-electron chi connectivity index (χ3n) is 3.10. The third-order valence-corrected chi connectivity index (χ3v) is 3.10. The molecule has 1 aromatic carbocycles. The summed E-state index contributed by atoms with van der Waals surface area (Å²) in [5.74, 6) is 1.71. The zero-order chi connectivity index (χ0) is 11.0. The maximum absolute atomic E-state index is 5.75. The highest BCUT2D eigenvalue weighted by atomic mass is 16.7. The summed E-state index contributed by atoms with van der Waals surface area (Å²) >= 11 is 0. The van der Waals surface area contributed by atoms with Crippen LogP contribution in [0, 0.1) is 6.92 Å². The van der Waals surface area contributed by atoms with Crippen LogP contribution in [0.3, 0.4) is 0 Å². The molecule has 0 radical (unpaired) electrons. The number of rotatable bonds is 1. The first-order valence-electron chi connectivity index (χ1n) is 5.57. The lowest BCUT2D eigenvalue weighted by Crippen LogP contribution is -2.33. The molecular weight excluding hydrogens is 206 g/mol. The van der Waals surface area contributed by atoms with Gasteiger partial charge in [0.2, 0.25) is 6.79 Å². The summed E-state index contributed by atoms with van der Waals surface area (Å²) < 4.78 is 16.6. The number of morpholine rings is 1. The minimum Gasteiger partial charge on any atom is -0.454 e. The molecule has 0 spiro atoms. The van der Waals surface area contributed by atoms with E-state index in [2.05, 4.69) is 18.3 Å².